The molecule has 1 aromatic heterocycles. The summed E-state index contributed by atoms with van der Waals surface area (Å²) in [5, 5.41) is 18.4. The lowest BCUT2D eigenvalue weighted by Gasteiger charge is -2.10. The zero-order chi connectivity index (χ0) is 15.4. The fraction of sp³-hybridized carbons (Fsp3) is 0.231. The summed E-state index contributed by atoms with van der Waals surface area (Å²) in [5.74, 6) is 3.50. The number of carboxylic acids is 2. The number of benzene rings is 1. The summed E-state index contributed by atoms with van der Waals surface area (Å²) in [4.78, 5) is 24.5. The molecule has 8 heteroatoms. The maximum atomic E-state index is 11.0. The third-order valence-electron chi connectivity index (χ3n) is 3.02. The van der Waals surface area contributed by atoms with E-state index in [2.05, 4.69) is 10.4 Å². The van der Waals surface area contributed by atoms with Crippen LogP contribution in [0.5, 0.6) is 5.75 Å². The molecule has 21 heavy (non-hydrogen) atoms. The number of ether oxygens (including phenoxy) is 1. The van der Waals surface area contributed by atoms with Crippen molar-refractivity contribution in [1.82, 2.24) is 10.4 Å². The molecule has 0 bridgehead atoms. The predicted octanol–water partition coefficient (Wildman–Crippen LogP) is 0.0903. The van der Waals surface area contributed by atoms with Crippen LogP contribution in [0.25, 0.3) is 10.9 Å². The standard InChI is InChI=1S/C13H15N3O5/c14-16-11(13(19)20)3-7-5-15-10-2-1-8(4-9(7)10)21-6-12(17)18/h1-2,4-5,11,15-16H,3,6,14H2,(H,17,18)(H,19,20)/t11-/m0/s1. The topological polar surface area (TPSA) is 138 Å². The van der Waals surface area contributed by atoms with Crippen molar-refractivity contribution in [3.8, 4) is 5.75 Å². The first kappa shape index (κ1) is 14.8. The number of H-pyrrole nitrogens is 1. The Morgan fingerprint density at radius 2 is 2.14 bits per heavy atom. The van der Waals surface area contributed by atoms with Gasteiger partial charge in [-0.2, -0.15) is 0 Å². The lowest BCUT2D eigenvalue weighted by Crippen LogP contribution is -2.42. The molecule has 8 nitrogen and oxygen atoms in total. The molecule has 0 fully saturated rings. The number of nitrogens with two attached hydrogens (primary N) is 1. The van der Waals surface area contributed by atoms with Crippen molar-refractivity contribution in [2.75, 3.05) is 6.61 Å². The molecule has 112 valence electrons. The molecular formula is C13H15N3O5. The van der Waals surface area contributed by atoms with E-state index in [-0.39, 0.29) is 6.42 Å². The van der Waals surface area contributed by atoms with Gasteiger partial charge in [-0.25, -0.2) is 10.2 Å². The Hall–Kier alpha value is -2.58. The van der Waals surface area contributed by atoms with Crippen LogP contribution in [0.1, 0.15) is 5.56 Å². The van der Waals surface area contributed by atoms with Crippen molar-refractivity contribution in [2.45, 2.75) is 12.5 Å². The van der Waals surface area contributed by atoms with Crippen molar-refractivity contribution < 1.29 is 24.5 Å². The molecule has 0 aliphatic heterocycles. The van der Waals surface area contributed by atoms with Crippen molar-refractivity contribution in [1.29, 1.82) is 0 Å². The molecule has 0 saturated carbocycles. The number of fused-ring (bicyclic) bond motifs is 1. The summed E-state index contributed by atoms with van der Waals surface area (Å²) in [7, 11) is 0. The number of hydrogen-bond acceptors (Lipinski definition) is 5. The van der Waals surface area contributed by atoms with E-state index in [1.807, 2.05) is 0 Å². The van der Waals surface area contributed by atoms with Gasteiger partial charge >= 0.3 is 11.9 Å². The Bertz CT molecular complexity index is 667. The molecule has 0 spiro atoms. The third kappa shape index (κ3) is 3.50. The van der Waals surface area contributed by atoms with Crippen LogP contribution in [-0.4, -0.2) is 39.8 Å². The third-order valence-corrected chi connectivity index (χ3v) is 3.02. The Morgan fingerprint density at radius 3 is 2.76 bits per heavy atom. The van der Waals surface area contributed by atoms with Crippen molar-refractivity contribution in [3.63, 3.8) is 0 Å². The number of hydrazine groups is 1. The van der Waals surface area contributed by atoms with Gasteiger partial charge in [-0.15, -0.1) is 0 Å². The van der Waals surface area contributed by atoms with E-state index in [1.165, 1.54) is 0 Å². The molecule has 1 aromatic carbocycles. The SMILES string of the molecule is NN[C@@H](Cc1c[nH]c2ccc(OCC(=O)O)cc12)C(=O)O. The van der Waals surface area contributed by atoms with Crippen LogP contribution in [0.3, 0.4) is 0 Å². The summed E-state index contributed by atoms with van der Waals surface area (Å²) in [6, 6.07) is 4.13. The fourth-order valence-electron chi connectivity index (χ4n) is 2.00. The minimum Gasteiger partial charge on any atom is -0.482 e. The molecule has 1 atom stereocenters. The van der Waals surface area contributed by atoms with E-state index in [9.17, 15) is 9.59 Å². The number of hydrogen-bond donors (Lipinski definition) is 5. The van der Waals surface area contributed by atoms with Crippen LogP contribution in [-0.2, 0) is 16.0 Å². The minimum atomic E-state index is -1.07. The van der Waals surface area contributed by atoms with Gasteiger partial charge in [0.25, 0.3) is 0 Å². The highest BCUT2D eigenvalue weighted by Gasteiger charge is 2.18. The van der Waals surface area contributed by atoms with Gasteiger partial charge in [0.15, 0.2) is 6.61 Å². The summed E-state index contributed by atoms with van der Waals surface area (Å²) in [6.45, 7) is -0.437. The van der Waals surface area contributed by atoms with Gasteiger partial charge < -0.3 is 19.9 Å². The molecular weight excluding hydrogens is 278 g/mol. The van der Waals surface area contributed by atoms with E-state index < -0.39 is 24.6 Å². The monoisotopic (exact) mass is 293 g/mol. The van der Waals surface area contributed by atoms with Crippen LogP contribution in [0.4, 0.5) is 0 Å². The second kappa shape index (κ2) is 6.25. The molecule has 0 unspecified atom stereocenters. The average Bonchev–Trinajstić information content (AvgIpc) is 2.84. The molecule has 6 N–H and O–H groups in total. The Balaban J connectivity index is 2.26. The summed E-state index contributed by atoms with van der Waals surface area (Å²) < 4.78 is 5.11. The Morgan fingerprint density at radius 1 is 1.38 bits per heavy atom. The highest BCUT2D eigenvalue weighted by atomic mass is 16.5. The molecule has 2 aromatic rings. The van der Waals surface area contributed by atoms with E-state index in [4.69, 9.17) is 20.8 Å². The molecule has 2 rings (SSSR count). The van der Waals surface area contributed by atoms with E-state index in [0.29, 0.717) is 5.75 Å². The number of carboxylic acid groups (broad SMARTS) is 2. The number of carbonyl (C=O) groups is 2. The van der Waals surface area contributed by atoms with Gasteiger partial charge in [-0.3, -0.25) is 10.6 Å². The van der Waals surface area contributed by atoms with Gasteiger partial charge in [0, 0.05) is 23.5 Å². The van der Waals surface area contributed by atoms with Crippen LogP contribution in [0, 0.1) is 0 Å². The van der Waals surface area contributed by atoms with Crippen molar-refractivity contribution >= 4 is 22.8 Å². The van der Waals surface area contributed by atoms with Gasteiger partial charge in [0.1, 0.15) is 11.8 Å². The van der Waals surface area contributed by atoms with E-state index in [0.717, 1.165) is 16.5 Å². The smallest absolute Gasteiger partial charge is 0.341 e. The highest BCUT2D eigenvalue weighted by molar-refractivity contribution is 5.85. The first-order valence-corrected chi connectivity index (χ1v) is 6.15. The average molecular weight is 293 g/mol. The first-order valence-electron chi connectivity index (χ1n) is 6.15. The van der Waals surface area contributed by atoms with Crippen LogP contribution < -0.4 is 16.0 Å². The fourth-order valence-corrected chi connectivity index (χ4v) is 2.00. The summed E-state index contributed by atoms with van der Waals surface area (Å²) in [5.41, 5.74) is 3.78. The summed E-state index contributed by atoms with van der Waals surface area (Å²) in [6.07, 6.45) is 1.88. The van der Waals surface area contributed by atoms with Gasteiger partial charge in [0.2, 0.25) is 0 Å². The Labute approximate surface area is 119 Å². The number of aromatic amines is 1. The molecule has 1 heterocycles. The van der Waals surface area contributed by atoms with Crippen LogP contribution >= 0.6 is 0 Å². The number of rotatable bonds is 7. The quantitative estimate of drug-likeness (QED) is 0.360. The zero-order valence-corrected chi connectivity index (χ0v) is 11.0. The van der Waals surface area contributed by atoms with Crippen molar-refractivity contribution in [2.24, 2.45) is 5.84 Å². The van der Waals surface area contributed by atoms with Crippen LogP contribution in [0.2, 0.25) is 0 Å². The van der Waals surface area contributed by atoms with Crippen molar-refractivity contribution in [3.05, 3.63) is 30.0 Å². The maximum Gasteiger partial charge on any atom is 0.341 e. The second-order valence-electron chi connectivity index (χ2n) is 4.47. The zero-order valence-electron chi connectivity index (χ0n) is 11.0. The summed E-state index contributed by atoms with van der Waals surface area (Å²) >= 11 is 0. The maximum absolute atomic E-state index is 11.0. The van der Waals surface area contributed by atoms with Gasteiger partial charge in [0.05, 0.1) is 0 Å². The van der Waals surface area contributed by atoms with E-state index >= 15 is 0 Å². The Kier molecular flexibility index (Phi) is 4.41. The molecule has 0 radical (unpaired) electrons. The first-order chi connectivity index (χ1) is 10.0. The number of nitrogens with one attached hydrogen (secondary N) is 2. The predicted molar refractivity (Wildman–Crippen MR) is 73.9 cm³/mol. The highest BCUT2D eigenvalue weighted by Crippen LogP contribution is 2.24. The van der Waals surface area contributed by atoms with Gasteiger partial charge in [-0.1, -0.05) is 0 Å². The normalized spacial score (nSPS) is 12.2. The number of aromatic nitrogens is 1. The largest absolute Gasteiger partial charge is 0.482 e. The lowest BCUT2D eigenvalue weighted by molar-refractivity contribution is -0.140. The molecule has 0 aliphatic rings. The molecule has 0 saturated heterocycles. The van der Waals surface area contributed by atoms with Gasteiger partial charge in [-0.05, 0) is 23.8 Å². The van der Waals surface area contributed by atoms with E-state index in [1.54, 1.807) is 24.4 Å². The number of aliphatic carboxylic acids is 2. The molecule has 0 amide bonds. The molecule has 0 aliphatic carbocycles. The van der Waals surface area contributed by atoms with Crippen LogP contribution in [0.15, 0.2) is 24.4 Å². The lowest BCUT2D eigenvalue weighted by atomic mass is 10.1. The second-order valence-corrected chi connectivity index (χ2v) is 4.47. The minimum absolute atomic E-state index is 0.189.